The summed E-state index contributed by atoms with van der Waals surface area (Å²) in [7, 11) is 0. The molecule has 3 heteroatoms. The molecule has 0 atom stereocenters. The SMILES string of the molecule is CSCc1ccccc1C1(O)COC1. The number of benzene rings is 1. The Hall–Kier alpha value is -0.510. The summed E-state index contributed by atoms with van der Waals surface area (Å²) >= 11 is 1.77. The van der Waals surface area contributed by atoms with Gasteiger partial charge in [-0.15, -0.1) is 0 Å². The van der Waals surface area contributed by atoms with Gasteiger partial charge in [0.1, 0.15) is 5.60 Å². The molecule has 0 amide bonds. The van der Waals surface area contributed by atoms with Gasteiger partial charge in [-0.2, -0.15) is 11.8 Å². The Bertz CT molecular complexity index is 321. The molecule has 0 radical (unpaired) electrons. The molecule has 1 aromatic rings. The van der Waals surface area contributed by atoms with E-state index in [4.69, 9.17) is 4.74 Å². The highest BCUT2D eigenvalue weighted by molar-refractivity contribution is 7.97. The zero-order valence-electron chi connectivity index (χ0n) is 8.19. The minimum Gasteiger partial charge on any atom is -0.380 e. The Morgan fingerprint density at radius 3 is 2.71 bits per heavy atom. The van der Waals surface area contributed by atoms with Gasteiger partial charge in [-0.25, -0.2) is 0 Å². The van der Waals surface area contributed by atoms with Gasteiger partial charge < -0.3 is 9.84 Å². The maximum absolute atomic E-state index is 10.2. The Morgan fingerprint density at radius 2 is 2.14 bits per heavy atom. The maximum Gasteiger partial charge on any atom is 0.136 e. The van der Waals surface area contributed by atoms with Crippen LogP contribution in [0.3, 0.4) is 0 Å². The third kappa shape index (κ3) is 1.67. The van der Waals surface area contributed by atoms with Crippen LogP contribution in [0.1, 0.15) is 11.1 Å². The predicted octanol–water partition coefficient (Wildman–Crippen LogP) is 1.77. The van der Waals surface area contributed by atoms with Crippen molar-refractivity contribution in [1.29, 1.82) is 0 Å². The number of ether oxygens (including phenoxy) is 1. The summed E-state index contributed by atoms with van der Waals surface area (Å²) in [6, 6.07) is 8.05. The van der Waals surface area contributed by atoms with Gasteiger partial charge in [0.2, 0.25) is 0 Å². The van der Waals surface area contributed by atoms with E-state index < -0.39 is 5.60 Å². The summed E-state index contributed by atoms with van der Waals surface area (Å²) in [4.78, 5) is 0. The van der Waals surface area contributed by atoms with E-state index in [0.29, 0.717) is 13.2 Å². The van der Waals surface area contributed by atoms with Crippen LogP contribution in [-0.2, 0) is 16.1 Å². The van der Waals surface area contributed by atoms with Crippen molar-refractivity contribution >= 4 is 11.8 Å². The second kappa shape index (κ2) is 3.93. The zero-order valence-corrected chi connectivity index (χ0v) is 9.01. The predicted molar refractivity (Wildman–Crippen MR) is 58.4 cm³/mol. The van der Waals surface area contributed by atoms with Crippen LogP contribution in [0.15, 0.2) is 24.3 Å². The van der Waals surface area contributed by atoms with Gasteiger partial charge in [-0.05, 0) is 17.4 Å². The summed E-state index contributed by atoms with van der Waals surface area (Å²) in [5.74, 6) is 0.943. The molecule has 0 saturated carbocycles. The Kier molecular flexibility index (Phi) is 2.81. The first-order chi connectivity index (χ1) is 6.76. The number of rotatable bonds is 3. The minimum atomic E-state index is -0.730. The van der Waals surface area contributed by atoms with Gasteiger partial charge in [0.25, 0.3) is 0 Å². The van der Waals surface area contributed by atoms with Crippen LogP contribution in [0.2, 0.25) is 0 Å². The van der Waals surface area contributed by atoms with Crippen LogP contribution >= 0.6 is 11.8 Å². The summed E-state index contributed by atoms with van der Waals surface area (Å²) < 4.78 is 5.07. The molecular weight excluding hydrogens is 196 g/mol. The van der Waals surface area contributed by atoms with E-state index in [1.165, 1.54) is 5.56 Å². The molecule has 1 fully saturated rings. The van der Waals surface area contributed by atoms with Gasteiger partial charge >= 0.3 is 0 Å². The largest absolute Gasteiger partial charge is 0.380 e. The highest BCUT2D eigenvalue weighted by Crippen LogP contribution is 2.32. The van der Waals surface area contributed by atoms with E-state index in [1.807, 2.05) is 18.2 Å². The fraction of sp³-hybridized carbons (Fsp3) is 0.455. The summed E-state index contributed by atoms with van der Waals surface area (Å²) in [5.41, 5.74) is 1.51. The van der Waals surface area contributed by atoms with Crippen molar-refractivity contribution in [1.82, 2.24) is 0 Å². The lowest BCUT2D eigenvalue weighted by molar-refractivity contribution is -0.184. The molecule has 1 aliphatic rings. The highest BCUT2D eigenvalue weighted by atomic mass is 32.2. The standard InChI is InChI=1S/C11H14O2S/c1-14-6-9-4-2-3-5-10(9)11(12)7-13-8-11/h2-5,12H,6-8H2,1H3. The third-order valence-electron chi connectivity index (χ3n) is 2.50. The Labute approximate surface area is 88.3 Å². The van der Waals surface area contributed by atoms with Gasteiger partial charge in [0.05, 0.1) is 13.2 Å². The average molecular weight is 210 g/mol. The summed E-state index contributed by atoms with van der Waals surface area (Å²) in [5, 5.41) is 10.2. The van der Waals surface area contributed by atoms with E-state index in [1.54, 1.807) is 11.8 Å². The van der Waals surface area contributed by atoms with Gasteiger partial charge in [0.15, 0.2) is 0 Å². The molecule has 1 heterocycles. The number of aliphatic hydroxyl groups is 1. The lowest BCUT2D eigenvalue weighted by Crippen LogP contribution is -2.47. The molecule has 2 rings (SSSR count). The van der Waals surface area contributed by atoms with Crippen LogP contribution in [0.4, 0.5) is 0 Å². The molecule has 1 N–H and O–H groups in total. The van der Waals surface area contributed by atoms with Crippen molar-refractivity contribution in [2.45, 2.75) is 11.4 Å². The molecule has 1 aliphatic heterocycles. The van der Waals surface area contributed by atoms with Gasteiger partial charge in [-0.1, -0.05) is 24.3 Å². The topological polar surface area (TPSA) is 29.5 Å². The Balaban J connectivity index is 2.31. The first kappa shape index (κ1) is 10.0. The fourth-order valence-electron chi connectivity index (χ4n) is 1.71. The van der Waals surface area contributed by atoms with E-state index in [9.17, 15) is 5.11 Å². The van der Waals surface area contributed by atoms with Gasteiger partial charge in [-0.3, -0.25) is 0 Å². The molecule has 0 aromatic heterocycles. The van der Waals surface area contributed by atoms with Crippen LogP contribution in [-0.4, -0.2) is 24.6 Å². The monoisotopic (exact) mass is 210 g/mol. The molecule has 0 spiro atoms. The maximum atomic E-state index is 10.2. The first-order valence-corrected chi connectivity index (χ1v) is 6.03. The van der Waals surface area contributed by atoms with Crippen LogP contribution in [0, 0.1) is 0 Å². The van der Waals surface area contributed by atoms with Crippen molar-refractivity contribution < 1.29 is 9.84 Å². The second-order valence-corrected chi connectivity index (χ2v) is 4.48. The van der Waals surface area contributed by atoms with Crippen molar-refractivity contribution in [3.63, 3.8) is 0 Å². The summed E-state index contributed by atoms with van der Waals surface area (Å²) in [6.07, 6.45) is 2.07. The first-order valence-electron chi connectivity index (χ1n) is 4.64. The molecule has 1 saturated heterocycles. The van der Waals surface area contributed by atoms with Crippen molar-refractivity contribution in [3.8, 4) is 0 Å². The van der Waals surface area contributed by atoms with E-state index in [-0.39, 0.29) is 0 Å². The van der Waals surface area contributed by atoms with E-state index in [2.05, 4.69) is 12.3 Å². The van der Waals surface area contributed by atoms with Gasteiger partial charge in [0, 0.05) is 5.75 Å². The Morgan fingerprint density at radius 1 is 1.43 bits per heavy atom. The molecule has 0 aliphatic carbocycles. The van der Waals surface area contributed by atoms with Crippen molar-refractivity contribution in [3.05, 3.63) is 35.4 Å². The smallest absolute Gasteiger partial charge is 0.136 e. The quantitative estimate of drug-likeness (QED) is 0.824. The lowest BCUT2D eigenvalue weighted by atomic mass is 9.89. The van der Waals surface area contributed by atoms with E-state index >= 15 is 0 Å². The van der Waals surface area contributed by atoms with Crippen LogP contribution in [0.5, 0.6) is 0 Å². The van der Waals surface area contributed by atoms with Crippen molar-refractivity contribution in [2.24, 2.45) is 0 Å². The summed E-state index contributed by atoms with van der Waals surface area (Å²) in [6.45, 7) is 0.858. The number of hydrogen-bond acceptors (Lipinski definition) is 3. The highest BCUT2D eigenvalue weighted by Gasteiger charge is 2.39. The molecule has 0 bridgehead atoms. The van der Waals surface area contributed by atoms with E-state index in [0.717, 1.165) is 11.3 Å². The molecule has 1 aromatic carbocycles. The minimum absolute atomic E-state index is 0.429. The third-order valence-corrected chi connectivity index (χ3v) is 3.10. The average Bonchev–Trinajstić information content (AvgIpc) is 2.16. The molecular formula is C11H14O2S. The normalized spacial score (nSPS) is 19.0. The zero-order chi connectivity index (χ0) is 10.0. The number of hydrogen-bond donors (Lipinski definition) is 1. The van der Waals surface area contributed by atoms with Crippen LogP contribution < -0.4 is 0 Å². The molecule has 14 heavy (non-hydrogen) atoms. The molecule has 2 nitrogen and oxygen atoms in total. The fourth-order valence-corrected chi connectivity index (χ4v) is 2.27. The molecule has 76 valence electrons. The number of thioether (sulfide) groups is 1. The van der Waals surface area contributed by atoms with Crippen molar-refractivity contribution in [2.75, 3.05) is 19.5 Å². The second-order valence-electron chi connectivity index (χ2n) is 3.61. The van der Waals surface area contributed by atoms with Crippen LogP contribution in [0.25, 0.3) is 0 Å². The molecule has 0 unspecified atom stereocenters. The lowest BCUT2D eigenvalue weighted by Gasteiger charge is -2.38.